The zero-order chi connectivity index (χ0) is 49.0. The fourth-order valence-corrected chi connectivity index (χ4v) is 12.3. The second-order valence-corrected chi connectivity index (χ2v) is 19.2. The number of nitrogens with one attached hydrogen (secondary N) is 1. The summed E-state index contributed by atoms with van der Waals surface area (Å²) < 4.78 is 9.73. The smallest absolute Gasteiger partial charge is 0.104 e. The maximum absolute atomic E-state index is 12.7. The van der Waals surface area contributed by atoms with Gasteiger partial charge >= 0.3 is 0 Å². The van der Waals surface area contributed by atoms with E-state index in [0.29, 0.717) is 11.3 Å². The van der Waals surface area contributed by atoms with Crippen molar-refractivity contribution in [3.8, 4) is 39.9 Å². The van der Waals surface area contributed by atoms with Crippen LogP contribution in [0.4, 0.5) is 11.4 Å². The molecule has 4 heterocycles. The summed E-state index contributed by atoms with van der Waals surface area (Å²) in [7, 11) is 0. The first kappa shape index (κ1) is 41.7. The van der Waals surface area contributed by atoms with Gasteiger partial charge in [-0.05, 0) is 72.6 Å². The van der Waals surface area contributed by atoms with Crippen molar-refractivity contribution in [1.82, 2.24) is 18.3 Å². The van der Waals surface area contributed by atoms with Crippen LogP contribution < -0.4 is 5.32 Å². The van der Waals surface area contributed by atoms with Gasteiger partial charge in [0, 0.05) is 54.3 Å². The Labute approximate surface area is 426 Å². The van der Waals surface area contributed by atoms with Crippen molar-refractivity contribution in [3.05, 3.63) is 254 Å². The fourth-order valence-electron chi connectivity index (χ4n) is 12.3. The summed E-state index contributed by atoms with van der Waals surface area (Å²) in [5, 5.41) is 25.8. The highest BCUT2D eigenvalue weighted by molar-refractivity contribution is 6.17. The molecule has 0 bridgehead atoms. The molecule has 6 nitrogen and oxygen atoms in total. The van der Waals surface area contributed by atoms with Gasteiger partial charge in [-0.2, -0.15) is 5.26 Å². The van der Waals surface area contributed by atoms with Crippen LogP contribution in [-0.4, -0.2) is 18.3 Å². The molecule has 6 heteroatoms. The van der Waals surface area contributed by atoms with E-state index in [1.807, 2.05) is 0 Å². The second-order valence-electron chi connectivity index (χ2n) is 19.2. The number of hydrogen-bond acceptors (Lipinski definition) is 2. The Bertz CT molecular complexity index is 4640. The maximum Gasteiger partial charge on any atom is 0.104 e. The lowest BCUT2D eigenvalue weighted by atomic mass is 9.97. The first-order valence-corrected chi connectivity index (χ1v) is 25.2. The SMILES string of the molecule is Cc1ccccc1-c1ccccc1Nc1c(C#N)c(-n2c3ccccc3c3ccccc32)c(-n2c3ccccc3c3ccccc32)c(-n2c3ccccc3c3ccccc32)c1-n1c2ccccc2c2ccccc21. The third-order valence-electron chi connectivity index (χ3n) is 15.3. The lowest BCUT2D eigenvalue weighted by Crippen LogP contribution is -2.17. The number of hydrogen-bond donors (Lipinski definition) is 1. The van der Waals surface area contributed by atoms with Crippen LogP contribution in [0.5, 0.6) is 0 Å². The predicted octanol–water partition coefficient (Wildman–Crippen LogP) is 17.7. The molecule has 15 aromatic rings. The number of fused-ring (bicyclic) bond motifs is 12. The monoisotopic (exact) mass is 944 g/mol. The molecule has 0 radical (unpaired) electrons. The van der Waals surface area contributed by atoms with Gasteiger partial charge in [-0.15, -0.1) is 0 Å². The molecule has 346 valence electrons. The molecule has 0 saturated heterocycles. The molecule has 0 spiro atoms. The standard InChI is InChI=1S/C68H44N6/c1-43-22-2-3-23-44(43)45-24-4-13-33-55(45)70-64-54(42-69)65(71-56-34-14-5-25-46(56)47-26-6-15-35-57(47)71)67(73-60-38-18-9-29-50(60)51-30-10-19-39-61(51)73)68(74-62-40-20-11-31-52(62)53-32-12-21-41-63(53)74)66(64)72-58-36-16-7-27-48(58)49-28-8-17-37-59(49)72/h2-41,70H,1H3. The van der Waals surface area contributed by atoms with Crippen molar-refractivity contribution < 1.29 is 0 Å². The van der Waals surface area contributed by atoms with E-state index in [-0.39, 0.29) is 0 Å². The quantitative estimate of drug-likeness (QED) is 0.173. The summed E-state index contributed by atoms with van der Waals surface area (Å²) >= 11 is 0. The van der Waals surface area contributed by atoms with E-state index < -0.39 is 0 Å². The van der Waals surface area contributed by atoms with Gasteiger partial charge in [0.2, 0.25) is 0 Å². The van der Waals surface area contributed by atoms with E-state index in [2.05, 4.69) is 279 Å². The Kier molecular flexibility index (Phi) is 9.14. The Morgan fingerprint density at radius 2 is 0.568 bits per heavy atom. The predicted molar refractivity (Wildman–Crippen MR) is 308 cm³/mol. The number of nitrogens with zero attached hydrogens (tertiary/aromatic N) is 5. The largest absolute Gasteiger partial charge is 0.352 e. The average Bonchev–Trinajstić information content (AvgIpc) is 4.21. The molecule has 11 aromatic carbocycles. The summed E-state index contributed by atoms with van der Waals surface area (Å²) in [6, 6.07) is 89.7. The molecule has 0 fully saturated rings. The van der Waals surface area contributed by atoms with Crippen LogP contribution in [0.1, 0.15) is 11.1 Å². The lowest BCUT2D eigenvalue weighted by molar-refractivity contribution is 1.02. The molecule has 74 heavy (non-hydrogen) atoms. The zero-order valence-corrected chi connectivity index (χ0v) is 40.3. The minimum Gasteiger partial charge on any atom is -0.352 e. The van der Waals surface area contributed by atoms with Gasteiger partial charge in [-0.25, -0.2) is 0 Å². The third kappa shape index (κ3) is 5.86. The van der Waals surface area contributed by atoms with Gasteiger partial charge < -0.3 is 23.6 Å². The molecule has 0 aliphatic heterocycles. The molecule has 15 rings (SSSR count). The highest BCUT2D eigenvalue weighted by Crippen LogP contribution is 2.52. The molecular formula is C68H44N6. The minimum atomic E-state index is 0.495. The molecule has 0 saturated carbocycles. The molecule has 0 aliphatic rings. The molecule has 1 N–H and O–H groups in total. The van der Waals surface area contributed by atoms with Crippen LogP contribution in [0.3, 0.4) is 0 Å². The normalized spacial score (nSPS) is 11.8. The van der Waals surface area contributed by atoms with Gasteiger partial charge in [0.05, 0.1) is 72.6 Å². The fraction of sp³-hybridized carbons (Fsp3) is 0.0147. The topological polar surface area (TPSA) is 55.5 Å². The Morgan fingerprint density at radius 3 is 0.919 bits per heavy atom. The first-order chi connectivity index (χ1) is 36.7. The van der Waals surface area contributed by atoms with Crippen LogP contribution in [-0.2, 0) is 0 Å². The molecule has 0 amide bonds. The third-order valence-corrected chi connectivity index (χ3v) is 15.3. The Morgan fingerprint density at radius 1 is 0.297 bits per heavy atom. The van der Waals surface area contributed by atoms with Gasteiger partial charge in [-0.1, -0.05) is 188 Å². The molecule has 0 aliphatic carbocycles. The van der Waals surface area contributed by atoms with Crippen molar-refractivity contribution in [3.63, 3.8) is 0 Å². The maximum atomic E-state index is 12.7. The van der Waals surface area contributed by atoms with Crippen LogP contribution in [0.2, 0.25) is 0 Å². The summed E-state index contributed by atoms with van der Waals surface area (Å²) in [6.45, 7) is 2.16. The lowest BCUT2D eigenvalue weighted by Gasteiger charge is -2.30. The van der Waals surface area contributed by atoms with Gasteiger partial charge in [0.25, 0.3) is 0 Å². The molecule has 4 aromatic heterocycles. The first-order valence-electron chi connectivity index (χ1n) is 25.2. The second kappa shape index (κ2) is 16.2. The zero-order valence-electron chi connectivity index (χ0n) is 40.3. The van der Waals surface area contributed by atoms with E-state index in [1.165, 1.54) is 0 Å². The van der Waals surface area contributed by atoms with E-state index >= 15 is 0 Å². The number of aromatic nitrogens is 4. The molecule has 0 atom stereocenters. The van der Waals surface area contributed by atoms with Crippen LogP contribution in [0, 0.1) is 18.3 Å². The Balaban J connectivity index is 1.28. The van der Waals surface area contributed by atoms with Crippen molar-refractivity contribution in [2.24, 2.45) is 0 Å². The number of benzene rings is 11. The van der Waals surface area contributed by atoms with Crippen molar-refractivity contribution in [2.75, 3.05) is 5.32 Å². The minimum absolute atomic E-state index is 0.495. The van der Waals surface area contributed by atoms with Crippen LogP contribution in [0.25, 0.3) is 121 Å². The summed E-state index contributed by atoms with van der Waals surface area (Å²) in [4.78, 5) is 0. The van der Waals surface area contributed by atoms with Crippen LogP contribution >= 0.6 is 0 Å². The number of aryl methyl sites for hydroxylation is 1. The van der Waals surface area contributed by atoms with E-state index in [4.69, 9.17) is 0 Å². The van der Waals surface area contributed by atoms with Gasteiger partial charge in [0.1, 0.15) is 11.6 Å². The van der Waals surface area contributed by atoms with Crippen molar-refractivity contribution in [2.45, 2.75) is 6.92 Å². The summed E-state index contributed by atoms with van der Waals surface area (Å²) in [5.74, 6) is 0. The summed E-state index contributed by atoms with van der Waals surface area (Å²) in [5.41, 5.74) is 16.9. The summed E-state index contributed by atoms with van der Waals surface area (Å²) in [6.07, 6.45) is 0. The van der Waals surface area contributed by atoms with E-state index in [1.54, 1.807) is 0 Å². The van der Waals surface area contributed by atoms with Crippen LogP contribution in [0.15, 0.2) is 243 Å². The van der Waals surface area contributed by atoms with E-state index in [0.717, 1.165) is 132 Å². The number of rotatable bonds is 7. The number of para-hydroxylation sites is 9. The highest BCUT2D eigenvalue weighted by atomic mass is 15.2. The van der Waals surface area contributed by atoms with E-state index in [9.17, 15) is 5.26 Å². The molecule has 0 unspecified atom stereocenters. The number of anilines is 2. The van der Waals surface area contributed by atoms with Gasteiger partial charge in [0.15, 0.2) is 0 Å². The van der Waals surface area contributed by atoms with Crippen molar-refractivity contribution >= 4 is 98.6 Å². The number of nitriles is 1. The Hall–Kier alpha value is -10.1. The van der Waals surface area contributed by atoms with Gasteiger partial charge in [-0.3, -0.25) is 0 Å². The van der Waals surface area contributed by atoms with Crippen molar-refractivity contribution in [1.29, 1.82) is 5.26 Å². The molecular weight excluding hydrogens is 901 g/mol. The highest BCUT2D eigenvalue weighted by Gasteiger charge is 2.35. The average molecular weight is 945 g/mol.